The highest BCUT2D eigenvalue weighted by Gasteiger charge is 2.55. The van der Waals surface area contributed by atoms with Crippen LogP contribution in [-0.4, -0.2) is 35.5 Å². The first kappa shape index (κ1) is 17.1. The third-order valence-electron chi connectivity index (χ3n) is 6.19. The van der Waals surface area contributed by atoms with Crippen molar-refractivity contribution < 1.29 is 9.90 Å². The number of carbonyl (C=O) groups excluding carboxylic acids is 1. The minimum atomic E-state index is -0.0199. The average Bonchev–Trinajstić information content (AvgIpc) is 3.34. The maximum Gasteiger partial charge on any atom is 0.224 e. The van der Waals surface area contributed by atoms with Crippen molar-refractivity contribution in [1.29, 1.82) is 0 Å². The lowest BCUT2D eigenvalue weighted by Gasteiger charge is -2.34. The van der Waals surface area contributed by atoms with Crippen molar-refractivity contribution in [2.75, 3.05) is 13.6 Å². The van der Waals surface area contributed by atoms with Crippen molar-refractivity contribution in [3.63, 3.8) is 0 Å². The summed E-state index contributed by atoms with van der Waals surface area (Å²) in [5.41, 5.74) is 3.67. The minimum Gasteiger partial charge on any atom is -0.508 e. The average molecular weight is 350 g/mol. The quantitative estimate of drug-likeness (QED) is 0.891. The molecule has 0 saturated heterocycles. The first-order valence-electron chi connectivity index (χ1n) is 9.31. The van der Waals surface area contributed by atoms with Crippen molar-refractivity contribution >= 4 is 5.91 Å². The second-order valence-electron chi connectivity index (χ2n) is 8.01. The van der Waals surface area contributed by atoms with E-state index in [4.69, 9.17) is 0 Å². The van der Waals surface area contributed by atoms with Gasteiger partial charge >= 0.3 is 0 Å². The number of nitrogens with one attached hydrogen (secondary N) is 1. The number of phenols is 1. The van der Waals surface area contributed by atoms with Gasteiger partial charge in [-0.05, 0) is 48.7 Å². The second kappa shape index (κ2) is 6.44. The third-order valence-corrected chi connectivity index (χ3v) is 6.19. The Balaban J connectivity index is 1.36. The largest absolute Gasteiger partial charge is 0.508 e. The van der Waals surface area contributed by atoms with Crippen molar-refractivity contribution in [2.45, 2.75) is 37.8 Å². The third kappa shape index (κ3) is 3.10. The van der Waals surface area contributed by atoms with E-state index < -0.39 is 0 Å². The SMILES string of the molecule is CN1Cc2cc(O)ccc2CC1CNC(=O)[C@@H]1C[C@@]1(C)c1ccccc1. The molecule has 2 N–H and O–H groups in total. The minimum absolute atomic E-state index is 0.0199. The number of phenolic OH excluding ortho intramolecular Hbond substituents is 1. The zero-order chi connectivity index (χ0) is 18.3. The van der Waals surface area contributed by atoms with Crippen molar-refractivity contribution in [3.05, 3.63) is 65.2 Å². The molecule has 1 heterocycles. The van der Waals surface area contributed by atoms with Gasteiger partial charge in [0.1, 0.15) is 5.75 Å². The molecule has 1 saturated carbocycles. The summed E-state index contributed by atoms with van der Waals surface area (Å²) < 4.78 is 0. The highest BCUT2D eigenvalue weighted by molar-refractivity contribution is 5.84. The van der Waals surface area contributed by atoms with Gasteiger partial charge in [-0.3, -0.25) is 9.69 Å². The van der Waals surface area contributed by atoms with Crippen LogP contribution in [0, 0.1) is 5.92 Å². The van der Waals surface area contributed by atoms with Crippen LogP contribution in [-0.2, 0) is 23.2 Å². The number of benzene rings is 2. The molecule has 2 aromatic rings. The summed E-state index contributed by atoms with van der Waals surface area (Å²) in [6.45, 7) is 3.65. The maximum atomic E-state index is 12.7. The van der Waals surface area contributed by atoms with Crippen LogP contribution in [0.25, 0.3) is 0 Å². The molecule has 1 fully saturated rings. The predicted molar refractivity (Wildman–Crippen MR) is 102 cm³/mol. The fourth-order valence-electron chi connectivity index (χ4n) is 4.22. The summed E-state index contributed by atoms with van der Waals surface area (Å²) in [5.74, 6) is 0.558. The maximum absolute atomic E-state index is 12.7. The predicted octanol–water partition coefficient (Wildman–Crippen LogP) is 2.84. The first-order valence-corrected chi connectivity index (χ1v) is 9.31. The molecule has 0 aromatic heterocycles. The van der Waals surface area contributed by atoms with Gasteiger partial charge in [-0.25, -0.2) is 0 Å². The van der Waals surface area contributed by atoms with Crippen LogP contribution < -0.4 is 5.32 Å². The number of likely N-dealkylation sites (N-methyl/N-ethyl adjacent to an activating group) is 1. The van der Waals surface area contributed by atoms with Gasteiger partial charge < -0.3 is 10.4 Å². The fourth-order valence-corrected chi connectivity index (χ4v) is 4.22. The van der Waals surface area contributed by atoms with Crippen molar-refractivity contribution in [1.82, 2.24) is 10.2 Å². The summed E-state index contributed by atoms with van der Waals surface area (Å²) in [4.78, 5) is 14.9. The molecule has 4 heteroatoms. The summed E-state index contributed by atoms with van der Waals surface area (Å²) in [5, 5.41) is 12.8. The molecule has 0 bridgehead atoms. The van der Waals surface area contributed by atoms with E-state index in [1.54, 1.807) is 6.07 Å². The highest BCUT2D eigenvalue weighted by Crippen LogP contribution is 2.53. The highest BCUT2D eigenvalue weighted by atomic mass is 16.3. The monoisotopic (exact) mass is 350 g/mol. The second-order valence-corrected chi connectivity index (χ2v) is 8.01. The molecule has 0 radical (unpaired) electrons. The van der Waals surface area contributed by atoms with E-state index in [2.05, 4.69) is 36.3 Å². The summed E-state index contributed by atoms with van der Waals surface area (Å²) in [7, 11) is 2.08. The molecule has 1 aliphatic carbocycles. The Bertz CT molecular complexity index is 820. The van der Waals surface area contributed by atoms with E-state index in [9.17, 15) is 9.90 Å². The van der Waals surface area contributed by atoms with Gasteiger partial charge in [0.05, 0.1) is 0 Å². The Morgan fingerprint density at radius 2 is 2.00 bits per heavy atom. The van der Waals surface area contributed by atoms with Crippen LogP contribution in [0.5, 0.6) is 5.75 Å². The molecule has 136 valence electrons. The lowest BCUT2D eigenvalue weighted by molar-refractivity contribution is -0.123. The zero-order valence-electron chi connectivity index (χ0n) is 15.4. The number of fused-ring (bicyclic) bond motifs is 1. The van der Waals surface area contributed by atoms with E-state index >= 15 is 0 Å². The van der Waals surface area contributed by atoms with Gasteiger partial charge in [-0.2, -0.15) is 0 Å². The zero-order valence-corrected chi connectivity index (χ0v) is 15.4. The van der Waals surface area contributed by atoms with E-state index in [0.717, 1.165) is 19.4 Å². The number of rotatable bonds is 4. The number of aromatic hydroxyl groups is 1. The van der Waals surface area contributed by atoms with Crippen LogP contribution in [0.4, 0.5) is 0 Å². The normalized spacial score (nSPS) is 27.6. The van der Waals surface area contributed by atoms with Crippen LogP contribution >= 0.6 is 0 Å². The Kier molecular flexibility index (Phi) is 4.23. The molecular weight excluding hydrogens is 324 g/mol. The number of nitrogens with zero attached hydrogens (tertiary/aromatic N) is 1. The molecular formula is C22H26N2O2. The molecule has 3 atom stereocenters. The lowest BCUT2D eigenvalue weighted by Crippen LogP contribution is -2.46. The molecule has 26 heavy (non-hydrogen) atoms. The van der Waals surface area contributed by atoms with Crippen LogP contribution in [0.2, 0.25) is 0 Å². The van der Waals surface area contributed by atoms with Crippen molar-refractivity contribution in [3.8, 4) is 5.75 Å². The lowest BCUT2D eigenvalue weighted by atomic mass is 9.93. The summed E-state index contributed by atoms with van der Waals surface area (Å²) in [6, 6.07) is 16.2. The molecule has 0 spiro atoms. The molecule has 4 rings (SSSR count). The van der Waals surface area contributed by atoms with Gasteiger partial charge in [-0.15, -0.1) is 0 Å². The Labute approximate surface area is 154 Å². The standard InChI is InChI=1S/C22H26N2O2/c1-22(17-6-4-3-5-7-17)12-20(22)21(26)23-13-18-10-15-8-9-19(25)11-16(15)14-24(18)2/h3-9,11,18,20,25H,10,12-14H2,1-2H3,(H,23,26)/t18?,20-,22-/m0/s1. The van der Waals surface area contributed by atoms with E-state index in [1.165, 1.54) is 16.7 Å². The number of carbonyl (C=O) groups is 1. The molecule has 2 aliphatic rings. The Hall–Kier alpha value is -2.33. The molecule has 1 aliphatic heterocycles. The van der Waals surface area contributed by atoms with Gasteiger partial charge in [0.2, 0.25) is 5.91 Å². The summed E-state index contributed by atoms with van der Waals surface area (Å²) in [6.07, 6.45) is 1.82. The van der Waals surface area contributed by atoms with E-state index in [1.807, 2.05) is 30.3 Å². The van der Waals surface area contributed by atoms with Crippen molar-refractivity contribution in [2.24, 2.45) is 5.92 Å². The van der Waals surface area contributed by atoms with E-state index in [-0.39, 0.29) is 23.3 Å². The smallest absolute Gasteiger partial charge is 0.224 e. The van der Waals surface area contributed by atoms with Gasteiger partial charge in [-0.1, -0.05) is 43.3 Å². The molecule has 2 aromatic carbocycles. The van der Waals surface area contributed by atoms with Crippen LogP contribution in [0.1, 0.15) is 30.0 Å². The van der Waals surface area contributed by atoms with Gasteiger partial charge in [0.25, 0.3) is 0 Å². The fraction of sp³-hybridized carbons (Fsp3) is 0.409. The van der Waals surface area contributed by atoms with Crippen LogP contribution in [0.15, 0.2) is 48.5 Å². The van der Waals surface area contributed by atoms with Crippen LogP contribution in [0.3, 0.4) is 0 Å². The molecule has 1 unspecified atom stereocenters. The Morgan fingerprint density at radius 3 is 2.77 bits per heavy atom. The van der Waals surface area contributed by atoms with Gasteiger partial charge in [0.15, 0.2) is 0 Å². The van der Waals surface area contributed by atoms with E-state index in [0.29, 0.717) is 12.3 Å². The first-order chi connectivity index (χ1) is 12.5. The van der Waals surface area contributed by atoms with Gasteiger partial charge in [0, 0.05) is 30.5 Å². The number of amides is 1. The molecule has 1 amide bonds. The Morgan fingerprint density at radius 1 is 1.23 bits per heavy atom. The summed E-state index contributed by atoms with van der Waals surface area (Å²) >= 11 is 0. The molecule has 4 nitrogen and oxygen atoms in total. The topological polar surface area (TPSA) is 52.6 Å². The number of hydrogen-bond donors (Lipinski definition) is 2. The number of hydrogen-bond acceptors (Lipinski definition) is 3.